The number of rotatable bonds is 7. The summed E-state index contributed by atoms with van der Waals surface area (Å²) in [7, 11) is 1.88. The van der Waals surface area contributed by atoms with E-state index in [0.717, 1.165) is 30.6 Å². The van der Waals surface area contributed by atoms with E-state index in [0.29, 0.717) is 31.8 Å². The summed E-state index contributed by atoms with van der Waals surface area (Å²) in [4.78, 5) is 34.2. The van der Waals surface area contributed by atoms with Crippen molar-refractivity contribution in [1.29, 1.82) is 0 Å². The average Bonchev–Trinajstić information content (AvgIpc) is 3.33. The highest BCUT2D eigenvalue weighted by Crippen LogP contribution is 2.24. The van der Waals surface area contributed by atoms with Crippen molar-refractivity contribution in [2.24, 2.45) is 5.92 Å². The highest BCUT2D eigenvalue weighted by Gasteiger charge is 2.31. The highest BCUT2D eigenvalue weighted by atomic mass is 16.2. The van der Waals surface area contributed by atoms with Crippen LogP contribution in [0.5, 0.6) is 0 Å². The number of carbonyl (C=O) groups is 2. The van der Waals surface area contributed by atoms with Crippen molar-refractivity contribution in [3.8, 4) is 17.1 Å². The topological polar surface area (TPSA) is 71.3 Å². The average molecular weight is 446 g/mol. The molecule has 4 rings (SSSR count). The summed E-state index contributed by atoms with van der Waals surface area (Å²) in [6.45, 7) is 3.99. The van der Waals surface area contributed by atoms with Crippen LogP contribution in [0.1, 0.15) is 43.2 Å². The van der Waals surface area contributed by atoms with Gasteiger partial charge in [0, 0.05) is 38.2 Å². The number of unbranched alkanes of at least 4 members (excludes halogenated alkanes) is 1. The molecule has 0 unspecified atom stereocenters. The highest BCUT2D eigenvalue weighted by molar-refractivity contribution is 5.91. The summed E-state index contributed by atoms with van der Waals surface area (Å²) < 4.78 is 1.72. The fourth-order valence-electron chi connectivity index (χ4n) is 4.21. The number of hydrogen-bond donors (Lipinski definition) is 0. The Kier molecular flexibility index (Phi) is 7.17. The first-order valence-electron chi connectivity index (χ1n) is 11.7. The Balaban J connectivity index is 1.50. The summed E-state index contributed by atoms with van der Waals surface area (Å²) in [6.07, 6.45) is 3.43. The molecule has 7 nitrogen and oxygen atoms in total. The zero-order valence-electron chi connectivity index (χ0n) is 19.4. The lowest BCUT2D eigenvalue weighted by Crippen LogP contribution is -2.44. The van der Waals surface area contributed by atoms with Crippen LogP contribution in [0.2, 0.25) is 0 Å². The number of piperidine rings is 1. The quantitative estimate of drug-likeness (QED) is 0.550. The molecule has 0 bridgehead atoms. The molecule has 172 valence electrons. The van der Waals surface area contributed by atoms with E-state index in [4.69, 9.17) is 0 Å². The van der Waals surface area contributed by atoms with Crippen LogP contribution in [-0.2, 0) is 4.79 Å². The maximum atomic E-state index is 13.3. The first-order valence-corrected chi connectivity index (χ1v) is 11.7. The minimum absolute atomic E-state index is 0.0226. The normalized spacial score (nSPS) is 14.3. The maximum absolute atomic E-state index is 13.3. The van der Waals surface area contributed by atoms with Crippen LogP contribution in [0.15, 0.2) is 60.7 Å². The van der Waals surface area contributed by atoms with Crippen molar-refractivity contribution in [1.82, 2.24) is 24.6 Å². The molecule has 2 heterocycles. The second-order valence-electron chi connectivity index (χ2n) is 8.55. The van der Waals surface area contributed by atoms with Gasteiger partial charge in [0.2, 0.25) is 11.7 Å². The molecule has 1 fully saturated rings. The molecule has 0 saturated carbocycles. The molecular weight excluding hydrogens is 414 g/mol. The Labute approximate surface area is 195 Å². The molecule has 1 aromatic heterocycles. The summed E-state index contributed by atoms with van der Waals surface area (Å²) in [5.41, 5.74) is 1.75. The minimum atomic E-state index is -0.188. The molecule has 7 heteroatoms. The maximum Gasteiger partial charge on any atom is 0.293 e. The SMILES string of the molecule is CCCCN(C)C(=O)C1CCN(C(=O)c2nc(-c3ccccc3)n(-c3ccccc3)n2)CC1. The van der Waals surface area contributed by atoms with Crippen molar-refractivity contribution < 1.29 is 9.59 Å². The lowest BCUT2D eigenvalue weighted by molar-refractivity contribution is -0.135. The fraction of sp³-hybridized carbons (Fsp3) is 0.385. The monoisotopic (exact) mass is 445 g/mol. The van der Waals surface area contributed by atoms with Gasteiger partial charge < -0.3 is 9.80 Å². The van der Waals surface area contributed by atoms with Gasteiger partial charge in [-0.1, -0.05) is 61.9 Å². The molecule has 0 radical (unpaired) electrons. The number of aromatic nitrogens is 3. The van der Waals surface area contributed by atoms with Gasteiger partial charge in [-0.2, -0.15) is 0 Å². The van der Waals surface area contributed by atoms with Gasteiger partial charge >= 0.3 is 0 Å². The van der Waals surface area contributed by atoms with Crippen LogP contribution in [-0.4, -0.2) is 63.1 Å². The van der Waals surface area contributed by atoms with E-state index >= 15 is 0 Å². The first-order chi connectivity index (χ1) is 16.1. The Hall–Kier alpha value is -3.48. The Morgan fingerprint density at radius 3 is 2.27 bits per heavy atom. The molecule has 3 aromatic rings. The number of nitrogens with zero attached hydrogens (tertiary/aromatic N) is 5. The summed E-state index contributed by atoms with van der Waals surface area (Å²) in [5.74, 6) is 0.793. The van der Waals surface area contributed by atoms with Gasteiger partial charge in [-0.05, 0) is 31.4 Å². The van der Waals surface area contributed by atoms with Gasteiger partial charge in [-0.3, -0.25) is 9.59 Å². The zero-order valence-corrected chi connectivity index (χ0v) is 19.4. The van der Waals surface area contributed by atoms with E-state index in [9.17, 15) is 9.59 Å². The third-order valence-electron chi connectivity index (χ3n) is 6.19. The molecule has 2 amide bonds. The Morgan fingerprint density at radius 1 is 1.00 bits per heavy atom. The van der Waals surface area contributed by atoms with Crippen molar-refractivity contribution in [3.05, 3.63) is 66.5 Å². The van der Waals surface area contributed by atoms with Gasteiger partial charge in [0.15, 0.2) is 5.82 Å². The number of para-hydroxylation sites is 1. The number of benzene rings is 2. The predicted octanol–water partition coefficient (Wildman–Crippen LogP) is 4.05. The van der Waals surface area contributed by atoms with E-state index in [1.807, 2.05) is 72.6 Å². The van der Waals surface area contributed by atoms with Crippen molar-refractivity contribution in [2.45, 2.75) is 32.6 Å². The second-order valence-corrected chi connectivity index (χ2v) is 8.55. The van der Waals surface area contributed by atoms with E-state index < -0.39 is 0 Å². The third kappa shape index (κ3) is 5.13. The number of likely N-dealkylation sites (tertiary alicyclic amines) is 1. The van der Waals surface area contributed by atoms with Gasteiger partial charge in [-0.25, -0.2) is 9.67 Å². The predicted molar refractivity (Wildman–Crippen MR) is 128 cm³/mol. The standard InChI is InChI=1S/C26H31N5O2/c1-3-4-17-29(2)25(32)21-15-18-30(19-16-21)26(33)23-27-24(20-11-7-5-8-12-20)31(28-23)22-13-9-6-10-14-22/h5-14,21H,3-4,15-19H2,1-2H3. The molecule has 0 atom stereocenters. The van der Waals surface area contributed by atoms with Crippen molar-refractivity contribution >= 4 is 11.8 Å². The lowest BCUT2D eigenvalue weighted by Gasteiger charge is -2.32. The molecule has 0 N–H and O–H groups in total. The second kappa shape index (κ2) is 10.4. The molecule has 1 saturated heterocycles. The number of amides is 2. The molecular formula is C26H31N5O2. The van der Waals surface area contributed by atoms with Crippen LogP contribution in [0.4, 0.5) is 0 Å². The van der Waals surface area contributed by atoms with Crippen LogP contribution < -0.4 is 0 Å². The van der Waals surface area contributed by atoms with Crippen LogP contribution in [0.3, 0.4) is 0 Å². The van der Waals surface area contributed by atoms with E-state index in [2.05, 4.69) is 17.0 Å². The van der Waals surface area contributed by atoms with Crippen molar-refractivity contribution in [3.63, 3.8) is 0 Å². The summed E-state index contributed by atoms with van der Waals surface area (Å²) >= 11 is 0. The lowest BCUT2D eigenvalue weighted by atomic mass is 9.95. The van der Waals surface area contributed by atoms with E-state index in [1.165, 1.54) is 0 Å². The van der Waals surface area contributed by atoms with Gasteiger partial charge in [-0.15, -0.1) is 5.10 Å². The Morgan fingerprint density at radius 2 is 1.64 bits per heavy atom. The minimum Gasteiger partial charge on any atom is -0.346 e. The largest absolute Gasteiger partial charge is 0.346 e. The molecule has 0 aliphatic carbocycles. The van der Waals surface area contributed by atoms with Gasteiger partial charge in [0.25, 0.3) is 5.91 Å². The molecule has 33 heavy (non-hydrogen) atoms. The first kappa shape index (κ1) is 22.7. The molecule has 1 aliphatic rings. The van der Waals surface area contributed by atoms with Crippen LogP contribution in [0, 0.1) is 5.92 Å². The summed E-state index contributed by atoms with van der Waals surface area (Å²) in [5, 5.41) is 4.59. The van der Waals surface area contributed by atoms with Crippen molar-refractivity contribution in [2.75, 3.05) is 26.7 Å². The van der Waals surface area contributed by atoms with E-state index in [-0.39, 0.29) is 23.6 Å². The molecule has 2 aromatic carbocycles. The fourth-order valence-corrected chi connectivity index (χ4v) is 4.21. The number of carbonyl (C=O) groups excluding carboxylic acids is 2. The Bertz CT molecular complexity index is 1020. The van der Waals surface area contributed by atoms with Crippen LogP contribution >= 0.6 is 0 Å². The zero-order chi connectivity index (χ0) is 23.2. The smallest absolute Gasteiger partial charge is 0.293 e. The van der Waals surface area contributed by atoms with Gasteiger partial charge in [0.1, 0.15) is 0 Å². The third-order valence-corrected chi connectivity index (χ3v) is 6.19. The van der Waals surface area contributed by atoms with Crippen LogP contribution in [0.25, 0.3) is 17.1 Å². The molecule has 1 aliphatic heterocycles. The summed E-state index contributed by atoms with van der Waals surface area (Å²) in [6, 6.07) is 19.5. The van der Waals surface area contributed by atoms with E-state index in [1.54, 1.807) is 9.58 Å². The van der Waals surface area contributed by atoms with Gasteiger partial charge in [0.05, 0.1) is 5.69 Å². The molecule has 0 spiro atoms. The number of hydrogen-bond acceptors (Lipinski definition) is 4.